The lowest BCUT2D eigenvalue weighted by molar-refractivity contribution is -0.138. The fraction of sp³-hybridized carbons (Fsp3) is 0.200. The monoisotopic (exact) mass is 271 g/mol. The third kappa shape index (κ3) is 3.71. The Balaban J connectivity index is 2.63. The number of benzene rings is 1. The minimum absolute atomic E-state index is 0.0368. The predicted octanol–water partition coefficient (Wildman–Crippen LogP) is 1.80. The van der Waals surface area contributed by atoms with Crippen LogP contribution in [0.15, 0.2) is 35.5 Å². The zero-order chi connectivity index (χ0) is 11.1. The van der Waals surface area contributed by atoms with Crippen LogP contribution in [-0.4, -0.2) is 28.8 Å². The molecule has 0 atom stereocenters. The molecule has 4 nitrogen and oxygen atoms in total. The van der Waals surface area contributed by atoms with Crippen molar-refractivity contribution in [1.29, 1.82) is 0 Å². The third-order valence-electron chi connectivity index (χ3n) is 1.71. The van der Waals surface area contributed by atoms with E-state index in [1.54, 1.807) is 12.1 Å². The summed E-state index contributed by atoms with van der Waals surface area (Å²) >= 11 is 2.97. The van der Waals surface area contributed by atoms with Gasteiger partial charge in [-0.1, -0.05) is 51.4 Å². The van der Waals surface area contributed by atoms with Crippen molar-refractivity contribution in [2.24, 2.45) is 5.16 Å². The Morgan fingerprint density at radius 3 is 2.60 bits per heavy atom. The van der Waals surface area contributed by atoms with E-state index in [1.165, 1.54) is 0 Å². The Morgan fingerprint density at radius 2 is 2.07 bits per heavy atom. The summed E-state index contributed by atoms with van der Waals surface area (Å²) in [5, 5.41) is 12.0. The second-order valence-electron chi connectivity index (χ2n) is 2.71. The number of carbonyl (C=O) groups is 1. The van der Waals surface area contributed by atoms with Gasteiger partial charge in [-0.2, -0.15) is 0 Å². The molecule has 0 amide bonds. The zero-order valence-corrected chi connectivity index (χ0v) is 9.48. The topological polar surface area (TPSA) is 58.9 Å². The van der Waals surface area contributed by atoms with Crippen molar-refractivity contribution in [1.82, 2.24) is 0 Å². The average Bonchev–Trinajstić information content (AvgIpc) is 2.31. The second kappa shape index (κ2) is 6.19. The van der Waals surface area contributed by atoms with E-state index in [1.807, 2.05) is 18.2 Å². The predicted molar refractivity (Wildman–Crippen MR) is 59.5 cm³/mol. The highest BCUT2D eigenvalue weighted by Gasteiger charge is 2.07. The first-order valence-corrected chi connectivity index (χ1v) is 5.38. The summed E-state index contributed by atoms with van der Waals surface area (Å²) in [6.45, 7) is -0.0368. The van der Waals surface area contributed by atoms with Crippen LogP contribution in [0, 0.1) is 0 Å². The first-order chi connectivity index (χ1) is 7.27. The van der Waals surface area contributed by atoms with Gasteiger partial charge in [0.2, 0.25) is 0 Å². The molecule has 0 heterocycles. The Hall–Kier alpha value is -1.36. The van der Waals surface area contributed by atoms with E-state index in [0.29, 0.717) is 5.71 Å². The lowest BCUT2D eigenvalue weighted by Crippen LogP contribution is -2.15. The maximum Gasteiger partial charge on any atom is 0.316 e. The Morgan fingerprint density at radius 1 is 1.40 bits per heavy atom. The van der Waals surface area contributed by atoms with Crippen LogP contribution in [-0.2, 0) is 9.53 Å². The van der Waals surface area contributed by atoms with Gasteiger partial charge in [0, 0.05) is 5.56 Å². The van der Waals surface area contributed by atoms with Crippen LogP contribution in [0.4, 0.5) is 0 Å². The van der Waals surface area contributed by atoms with Crippen LogP contribution >= 0.6 is 15.9 Å². The van der Waals surface area contributed by atoms with Gasteiger partial charge in [0.1, 0.15) is 17.6 Å². The summed E-state index contributed by atoms with van der Waals surface area (Å²) < 4.78 is 4.82. The Kier molecular flexibility index (Phi) is 4.83. The van der Waals surface area contributed by atoms with E-state index in [-0.39, 0.29) is 11.9 Å². The zero-order valence-electron chi connectivity index (χ0n) is 7.89. The van der Waals surface area contributed by atoms with E-state index >= 15 is 0 Å². The minimum Gasteiger partial charge on any atom is -0.458 e. The molecular weight excluding hydrogens is 262 g/mol. The molecule has 0 aliphatic carbocycles. The number of rotatable bonds is 4. The van der Waals surface area contributed by atoms with Gasteiger partial charge in [0.05, 0.1) is 0 Å². The van der Waals surface area contributed by atoms with Crippen molar-refractivity contribution >= 4 is 27.6 Å². The fourth-order valence-electron chi connectivity index (χ4n) is 0.988. The van der Waals surface area contributed by atoms with Crippen molar-refractivity contribution in [3.63, 3.8) is 0 Å². The quantitative estimate of drug-likeness (QED) is 0.299. The highest BCUT2D eigenvalue weighted by atomic mass is 79.9. The van der Waals surface area contributed by atoms with Gasteiger partial charge in [-0.3, -0.25) is 4.79 Å². The smallest absolute Gasteiger partial charge is 0.316 e. The highest BCUT2D eigenvalue weighted by molar-refractivity contribution is 9.09. The van der Waals surface area contributed by atoms with Crippen LogP contribution in [0.2, 0.25) is 0 Å². The number of ether oxygens (including phenoxy) is 1. The summed E-state index contributed by atoms with van der Waals surface area (Å²) in [6, 6.07) is 9.02. The molecule has 1 aromatic rings. The van der Waals surface area contributed by atoms with Crippen LogP contribution in [0.25, 0.3) is 0 Å². The maximum atomic E-state index is 10.9. The van der Waals surface area contributed by atoms with Crippen molar-refractivity contribution < 1.29 is 14.7 Å². The van der Waals surface area contributed by atoms with E-state index in [0.717, 1.165) is 5.56 Å². The average molecular weight is 272 g/mol. The number of hydrogen-bond donors (Lipinski definition) is 1. The molecule has 0 spiro atoms. The lowest BCUT2D eigenvalue weighted by Gasteiger charge is -2.04. The third-order valence-corrected chi connectivity index (χ3v) is 2.16. The molecule has 1 rings (SSSR count). The van der Waals surface area contributed by atoms with Crippen molar-refractivity contribution in [2.45, 2.75) is 0 Å². The van der Waals surface area contributed by atoms with Gasteiger partial charge in [-0.25, -0.2) is 0 Å². The van der Waals surface area contributed by atoms with Crippen molar-refractivity contribution in [2.75, 3.05) is 11.9 Å². The molecule has 0 bridgehead atoms. The number of oxime groups is 1. The molecule has 0 fully saturated rings. The lowest BCUT2D eigenvalue weighted by atomic mass is 10.1. The summed E-state index contributed by atoms with van der Waals surface area (Å²) in [7, 11) is 0. The van der Waals surface area contributed by atoms with Crippen LogP contribution < -0.4 is 0 Å². The molecule has 0 radical (unpaired) electrons. The molecule has 0 unspecified atom stereocenters. The van der Waals surface area contributed by atoms with Crippen LogP contribution in [0.5, 0.6) is 0 Å². The van der Waals surface area contributed by atoms with Gasteiger partial charge in [-0.15, -0.1) is 0 Å². The van der Waals surface area contributed by atoms with Crippen molar-refractivity contribution in [3.05, 3.63) is 35.9 Å². The molecule has 0 aromatic heterocycles. The van der Waals surface area contributed by atoms with E-state index in [4.69, 9.17) is 9.94 Å². The molecule has 0 aliphatic rings. The van der Waals surface area contributed by atoms with Crippen LogP contribution in [0.3, 0.4) is 0 Å². The first-order valence-electron chi connectivity index (χ1n) is 4.26. The normalized spacial score (nSPS) is 11.1. The summed E-state index contributed by atoms with van der Waals surface area (Å²) in [6.07, 6.45) is 0. The van der Waals surface area contributed by atoms with Gasteiger partial charge >= 0.3 is 5.97 Å². The molecule has 5 heteroatoms. The van der Waals surface area contributed by atoms with E-state index in [9.17, 15) is 4.79 Å². The summed E-state index contributed by atoms with van der Waals surface area (Å²) in [5.41, 5.74) is 1.05. The number of hydrogen-bond acceptors (Lipinski definition) is 4. The molecule has 15 heavy (non-hydrogen) atoms. The van der Waals surface area contributed by atoms with E-state index in [2.05, 4.69) is 21.1 Å². The number of nitrogens with zero attached hydrogens (tertiary/aromatic N) is 1. The minimum atomic E-state index is -0.396. The Labute approximate surface area is 95.7 Å². The molecular formula is C10H10BrNO3. The number of alkyl halides is 1. The SMILES string of the molecule is O=C(CBr)OC/C(=N\O)c1ccccc1. The van der Waals surface area contributed by atoms with Gasteiger partial charge in [-0.05, 0) is 0 Å². The number of esters is 1. The standard InChI is InChI=1S/C10H10BrNO3/c11-6-10(13)15-7-9(12-14)8-4-2-1-3-5-8/h1-5,14H,6-7H2/b12-9+. The second-order valence-corrected chi connectivity index (χ2v) is 3.27. The summed E-state index contributed by atoms with van der Waals surface area (Å²) in [4.78, 5) is 10.9. The molecule has 80 valence electrons. The molecule has 1 N–H and O–H groups in total. The number of halogens is 1. The Bertz CT molecular complexity index is 351. The highest BCUT2D eigenvalue weighted by Crippen LogP contribution is 2.02. The van der Waals surface area contributed by atoms with Gasteiger partial charge in [0.25, 0.3) is 0 Å². The van der Waals surface area contributed by atoms with Gasteiger partial charge < -0.3 is 9.94 Å². The molecule has 1 aromatic carbocycles. The van der Waals surface area contributed by atoms with Crippen LogP contribution in [0.1, 0.15) is 5.56 Å². The molecule has 0 aliphatic heterocycles. The fourth-order valence-corrected chi connectivity index (χ4v) is 1.15. The largest absolute Gasteiger partial charge is 0.458 e. The van der Waals surface area contributed by atoms with Crippen molar-refractivity contribution in [3.8, 4) is 0 Å². The van der Waals surface area contributed by atoms with Gasteiger partial charge in [0.15, 0.2) is 0 Å². The first kappa shape index (κ1) is 11.7. The maximum absolute atomic E-state index is 10.9. The molecule has 0 saturated heterocycles. The summed E-state index contributed by atoms with van der Waals surface area (Å²) in [5.74, 6) is -0.396. The van der Waals surface area contributed by atoms with E-state index < -0.39 is 5.97 Å². The number of carbonyl (C=O) groups excluding carboxylic acids is 1. The molecule has 0 saturated carbocycles.